The Hall–Kier alpha value is -1.69. The van der Waals surface area contributed by atoms with Gasteiger partial charge in [0.05, 0.1) is 0 Å². The fourth-order valence-corrected chi connectivity index (χ4v) is 2.25. The smallest absolute Gasteiger partial charge is 0.274 e. The van der Waals surface area contributed by atoms with Crippen molar-refractivity contribution in [2.45, 2.75) is 26.8 Å². The number of nitrogens with one attached hydrogen (secondary N) is 1. The molecule has 1 N–H and O–H groups in total. The molecule has 0 bridgehead atoms. The number of carbonyl (C=O) groups excluding carboxylic acids is 1. The molecular weight excluding hydrogens is 254 g/mol. The number of anilines is 1. The third-order valence-electron chi connectivity index (χ3n) is 3.43. The fraction of sp³-hybridized carbons (Fsp3) is 0.643. The topological polar surface area (TPSA) is 61.4 Å². The molecule has 1 aliphatic heterocycles. The Bertz CT molecular complexity index is 437. The predicted molar refractivity (Wildman–Crippen MR) is 78.8 cm³/mol. The van der Waals surface area contributed by atoms with Crippen LogP contribution in [0.2, 0.25) is 0 Å². The van der Waals surface area contributed by atoms with Gasteiger partial charge in [-0.15, -0.1) is 10.2 Å². The van der Waals surface area contributed by atoms with Crippen LogP contribution in [0.15, 0.2) is 12.1 Å². The van der Waals surface area contributed by atoms with Crippen molar-refractivity contribution in [3.05, 3.63) is 17.8 Å². The van der Waals surface area contributed by atoms with E-state index in [0.29, 0.717) is 17.6 Å². The summed E-state index contributed by atoms with van der Waals surface area (Å²) in [4.78, 5) is 16.5. The zero-order valence-corrected chi connectivity index (χ0v) is 12.5. The third-order valence-corrected chi connectivity index (χ3v) is 3.43. The van der Waals surface area contributed by atoms with Gasteiger partial charge >= 0.3 is 0 Å². The molecule has 6 nitrogen and oxygen atoms in total. The van der Waals surface area contributed by atoms with Crippen molar-refractivity contribution in [1.82, 2.24) is 20.0 Å². The number of likely N-dealkylation sites (N-methyl/N-ethyl adjacent to an activating group) is 1. The summed E-state index contributed by atoms with van der Waals surface area (Å²) in [6.45, 7) is 10.6. The van der Waals surface area contributed by atoms with Crippen molar-refractivity contribution in [2.24, 2.45) is 0 Å². The fourth-order valence-electron chi connectivity index (χ4n) is 2.25. The minimum absolute atomic E-state index is 0.0237. The van der Waals surface area contributed by atoms with Gasteiger partial charge in [-0.2, -0.15) is 0 Å². The van der Waals surface area contributed by atoms with Crippen molar-refractivity contribution in [1.29, 1.82) is 0 Å². The molecule has 0 atom stereocenters. The van der Waals surface area contributed by atoms with Crippen LogP contribution in [0.5, 0.6) is 0 Å². The van der Waals surface area contributed by atoms with E-state index in [9.17, 15) is 4.79 Å². The summed E-state index contributed by atoms with van der Waals surface area (Å²) in [5.41, 5.74) is 0.421. The van der Waals surface area contributed by atoms with Gasteiger partial charge in [-0.25, -0.2) is 0 Å². The van der Waals surface area contributed by atoms with Crippen molar-refractivity contribution in [2.75, 3.05) is 38.0 Å². The first kappa shape index (κ1) is 14.7. The average molecular weight is 277 g/mol. The van der Waals surface area contributed by atoms with Crippen LogP contribution in [0.4, 0.5) is 5.82 Å². The van der Waals surface area contributed by atoms with E-state index in [-0.39, 0.29) is 5.91 Å². The molecule has 6 heteroatoms. The lowest BCUT2D eigenvalue weighted by molar-refractivity contribution is 0.0636. The molecule has 1 saturated heterocycles. The lowest BCUT2D eigenvalue weighted by Gasteiger charge is -2.33. The largest absolute Gasteiger partial charge is 0.366 e. The Labute approximate surface area is 120 Å². The quantitative estimate of drug-likeness (QED) is 0.892. The Kier molecular flexibility index (Phi) is 4.89. The molecule has 1 aliphatic rings. The molecule has 0 aromatic carbocycles. The summed E-state index contributed by atoms with van der Waals surface area (Å²) in [6.07, 6.45) is 0. The van der Waals surface area contributed by atoms with Gasteiger partial charge in [-0.05, 0) is 32.5 Å². The number of carbonyl (C=O) groups is 1. The van der Waals surface area contributed by atoms with E-state index >= 15 is 0 Å². The standard InChI is InChI=1S/C14H23N5O/c1-4-18-7-9-19(10-8-18)14(20)12-5-6-13(17-16-12)15-11(2)3/h5-6,11H,4,7-10H2,1-3H3,(H,15,17). The van der Waals surface area contributed by atoms with E-state index in [1.165, 1.54) is 0 Å². The molecule has 1 fully saturated rings. The van der Waals surface area contributed by atoms with Crippen LogP contribution in [0, 0.1) is 0 Å². The molecular formula is C14H23N5O. The summed E-state index contributed by atoms with van der Waals surface area (Å²) in [7, 11) is 0. The molecule has 1 aromatic rings. The second-order valence-electron chi connectivity index (χ2n) is 5.33. The summed E-state index contributed by atoms with van der Waals surface area (Å²) < 4.78 is 0. The van der Waals surface area contributed by atoms with Crippen LogP contribution in [0.1, 0.15) is 31.3 Å². The molecule has 110 valence electrons. The van der Waals surface area contributed by atoms with Crippen molar-refractivity contribution in [3.63, 3.8) is 0 Å². The Morgan fingerprint density at radius 1 is 1.25 bits per heavy atom. The van der Waals surface area contributed by atoms with Crippen LogP contribution in [-0.4, -0.2) is 64.7 Å². The molecule has 2 heterocycles. The van der Waals surface area contributed by atoms with Gasteiger partial charge in [-0.3, -0.25) is 4.79 Å². The number of hydrogen-bond donors (Lipinski definition) is 1. The third kappa shape index (κ3) is 3.66. The molecule has 1 aromatic heterocycles. The normalized spacial score (nSPS) is 16.5. The molecule has 0 radical (unpaired) electrons. The van der Waals surface area contributed by atoms with Gasteiger partial charge in [0.15, 0.2) is 5.69 Å². The summed E-state index contributed by atoms with van der Waals surface area (Å²) in [5, 5.41) is 11.2. The summed E-state index contributed by atoms with van der Waals surface area (Å²) >= 11 is 0. The molecule has 0 aliphatic carbocycles. The van der Waals surface area contributed by atoms with E-state index in [4.69, 9.17) is 0 Å². The Morgan fingerprint density at radius 3 is 2.45 bits per heavy atom. The van der Waals surface area contributed by atoms with Crippen LogP contribution in [0.3, 0.4) is 0 Å². The molecule has 0 saturated carbocycles. The van der Waals surface area contributed by atoms with Gasteiger partial charge < -0.3 is 15.1 Å². The molecule has 1 amide bonds. The second kappa shape index (κ2) is 6.65. The van der Waals surface area contributed by atoms with Crippen LogP contribution in [0.25, 0.3) is 0 Å². The van der Waals surface area contributed by atoms with Crippen molar-refractivity contribution < 1.29 is 4.79 Å². The number of rotatable bonds is 4. The maximum absolute atomic E-state index is 12.3. The SMILES string of the molecule is CCN1CCN(C(=O)c2ccc(NC(C)C)nn2)CC1. The lowest BCUT2D eigenvalue weighted by Crippen LogP contribution is -2.48. The minimum Gasteiger partial charge on any atom is -0.366 e. The molecule has 20 heavy (non-hydrogen) atoms. The Morgan fingerprint density at radius 2 is 1.95 bits per heavy atom. The number of aromatic nitrogens is 2. The average Bonchev–Trinajstić information content (AvgIpc) is 2.47. The zero-order chi connectivity index (χ0) is 14.5. The molecule has 2 rings (SSSR count). The van der Waals surface area contributed by atoms with E-state index in [1.807, 2.05) is 24.8 Å². The molecule has 0 unspecified atom stereocenters. The van der Waals surface area contributed by atoms with E-state index in [1.54, 1.807) is 6.07 Å². The number of hydrogen-bond acceptors (Lipinski definition) is 5. The first-order chi connectivity index (χ1) is 9.60. The van der Waals surface area contributed by atoms with Gasteiger partial charge in [0.1, 0.15) is 5.82 Å². The maximum atomic E-state index is 12.3. The first-order valence-corrected chi connectivity index (χ1v) is 7.22. The Balaban J connectivity index is 1.95. The summed E-state index contributed by atoms with van der Waals surface area (Å²) in [6, 6.07) is 3.85. The van der Waals surface area contributed by atoms with E-state index in [2.05, 4.69) is 27.3 Å². The minimum atomic E-state index is -0.0237. The molecule has 0 spiro atoms. The monoisotopic (exact) mass is 277 g/mol. The van der Waals surface area contributed by atoms with Crippen molar-refractivity contribution in [3.8, 4) is 0 Å². The highest BCUT2D eigenvalue weighted by molar-refractivity contribution is 5.92. The van der Waals surface area contributed by atoms with Crippen LogP contribution in [-0.2, 0) is 0 Å². The zero-order valence-electron chi connectivity index (χ0n) is 12.5. The van der Waals surface area contributed by atoms with Gasteiger partial charge in [0.2, 0.25) is 0 Å². The van der Waals surface area contributed by atoms with Gasteiger partial charge in [0.25, 0.3) is 5.91 Å². The highest BCUT2D eigenvalue weighted by Gasteiger charge is 2.22. The van der Waals surface area contributed by atoms with Crippen LogP contribution < -0.4 is 5.32 Å². The van der Waals surface area contributed by atoms with Gasteiger partial charge in [0, 0.05) is 32.2 Å². The highest BCUT2D eigenvalue weighted by Crippen LogP contribution is 2.09. The number of amides is 1. The highest BCUT2D eigenvalue weighted by atomic mass is 16.2. The second-order valence-corrected chi connectivity index (χ2v) is 5.33. The van der Waals surface area contributed by atoms with Gasteiger partial charge in [-0.1, -0.05) is 6.92 Å². The first-order valence-electron chi connectivity index (χ1n) is 7.22. The van der Waals surface area contributed by atoms with Crippen LogP contribution >= 0.6 is 0 Å². The summed E-state index contributed by atoms with van der Waals surface area (Å²) in [5.74, 6) is 0.678. The predicted octanol–water partition coefficient (Wildman–Crippen LogP) is 1.07. The maximum Gasteiger partial charge on any atom is 0.274 e. The number of nitrogens with zero attached hydrogens (tertiary/aromatic N) is 4. The van der Waals surface area contributed by atoms with E-state index < -0.39 is 0 Å². The number of piperazine rings is 1. The van der Waals surface area contributed by atoms with E-state index in [0.717, 1.165) is 32.7 Å². The van der Waals surface area contributed by atoms with Crippen molar-refractivity contribution >= 4 is 11.7 Å². The lowest BCUT2D eigenvalue weighted by atomic mass is 10.2.